The maximum absolute atomic E-state index is 2.69. The van der Waals surface area contributed by atoms with Crippen LogP contribution < -0.4 is 0 Å². The molecule has 304 valence electrons. The molecule has 0 bridgehead atoms. The molecule has 12 aromatic rings. The number of allylic oxidation sites excluding steroid dienone is 4. The van der Waals surface area contributed by atoms with Crippen molar-refractivity contribution in [2.24, 2.45) is 0 Å². The highest BCUT2D eigenvalue weighted by atomic mass is 32.1. The van der Waals surface area contributed by atoms with Crippen molar-refractivity contribution in [2.75, 3.05) is 0 Å². The van der Waals surface area contributed by atoms with E-state index in [1.165, 1.54) is 131 Å². The molecule has 0 saturated heterocycles. The van der Waals surface area contributed by atoms with E-state index in [-0.39, 0.29) is 11.8 Å². The van der Waals surface area contributed by atoms with E-state index in [9.17, 15) is 0 Å². The number of aryl methyl sites for hydroxylation is 1. The normalized spacial score (nSPS) is 18.5. The van der Waals surface area contributed by atoms with Crippen LogP contribution in [0.25, 0.3) is 104 Å². The number of hydrogen-bond donors (Lipinski definition) is 0. The van der Waals surface area contributed by atoms with Gasteiger partial charge < -0.3 is 8.97 Å². The van der Waals surface area contributed by atoms with Crippen LogP contribution in [0.15, 0.2) is 188 Å². The fraction of sp³-hybridized carbons (Fsp3) is 0.115. The number of para-hydroxylation sites is 2. The number of hydrogen-bond acceptors (Lipinski definition) is 1. The maximum atomic E-state index is 2.69. The number of benzene rings is 8. The smallest absolute Gasteiger partial charge is 0.0628 e. The lowest BCUT2D eigenvalue weighted by Crippen LogP contribution is -2.20. The van der Waals surface area contributed by atoms with Gasteiger partial charge in [0.1, 0.15) is 0 Å². The van der Waals surface area contributed by atoms with Crippen LogP contribution in [0.3, 0.4) is 0 Å². The van der Waals surface area contributed by atoms with Crippen LogP contribution in [0.2, 0.25) is 0 Å². The Morgan fingerprint density at radius 2 is 1.22 bits per heavy atom. The highest BCUT2D eigenvalue weighted by molar-refractivity contribution is 7.19. The van der Waals surface area contributed by atoms with Gasteiger partial charge in [-0.2, -0.15) is 0 Å². The molecule has 0 fully saturated rings. The predicted octanol–water partition coefficient (Wildman–Crippen LogP) is 17.0. The molecule has 0 spiro atoms. The highest BCUT2D eigenvalue weighted by Crippen LogP contribution is 2.57. The standard InChI is InChI=1S/C61H44N2S/c1-3-39-49(29-17-31-55-58(47-26-13-16-30-54(47)64-55)59(39)56-36(2)40-20-7-8-21-41(40)42-22-9-10-23-44(42)56)62-50-27-14-11-24-45(50)57-53(62)35-48-43-33-32-38(37-18-5-4-6-19-37)34-52(43)63-51-28-15-12-25-46(51)60(57)61(48)63/h4-16,18-30,32-36,56H,3,17,31H2,1-2H3/b49-29+,59-39-/t36-,56-/m0/s1. The molecule has 0 aliphatic heterocycles. The summed E-state index contributed by atoms with van der Waals surface area (Å²) in [6.45, 7) is 4.90. The van der Waals surface area contributed by atoms with Crippen molar-refractivity contribution < 1.29 is 0 Å². The molecular formula is C61H44N2S. The minimum atomic E-state index is 0.167. The van der Waals surface area contributed by atoms with E-state index < -0.39 is 0 Å². The zero-order chi connectivity index (χ0) is 42.2. The summed E-state index contributed by atoms with van der Waals surface area (Å²) in [5.41, 5.74) is 20.2. The average Bonchev–Trinajstić information content (AvgIpc) is 4.08. The molecule has 4 heterocycles. The molecule has 2 aliphatic carbocycles. The van der Waals surface area contributed by atoms with Gasteiger partial charge in [-0.05, 0) is 100 Å². The van der Waals surface area contributed by atoms with Crippen LogP contribution in [0.5, 0.6) is 0 Å². The monoisotopic (exact) mass is 836 g/mol. The summed E-state index contributed by atoms with van der Waals surface area (Å²) in [4.78, 5) is 1.51. The highest BCUT2D eigenvalue weighted by Gasteiger charge is 2.38. The van der Waals surface area contributed by atoms with Crippen LogP contribution >= 0.6 is 11.3 Å². The molecule has 0 N–H and O–H groups in total. The predicted molar refractivity (Wildman–Crippen MR) is 274 cm³/mol. The molecule has 14 rings (SSSR count). The van der Waals surface area contributed by atoms with Crippen molar-refractivity contribution in [1.29, 1.82) is 0 Å². The maximum Gasteiger partial charge on any atom is 0.0628 e. The lowest BCUT2D eigenvalue weighted by molar-refractivity contribution is 0.677. The summed E-state index contributed by atoms with van der Waals surface area (Å²) in [6.07, 6.45) is 5.50. The van der Waals surface area contributed by atoms with E-state index in [1.54, 1.807) is 0 Å². The Morgan fingerprint density at radius 3 is 2.03 bits per heavy atom. The number of nitrogens with zero attached hydrogens (tertiary/aromatic N) is 2. The van der Waals surface area contributed by atoms with Gasteiger partial charge in [0.15, 0.2) is 0 Å². The van der Waals surface area contributed by atoms with Gasteiger partial charge >= 0.3 is 0 Å². The van der Waals surface area contributed by atoms with Gasteiger partial charge in [0.25, 0.3) is 0 Å². The van der Waals surface area contributed by atoms with Gasteiger partial charge in [-0.25, -0.2) is 0 Å². The Hall–Kier alpha value is -7.20. The largest absolute Gasteiger partial charge is 0.309 e. The van der Waals surface area contributed by atoms with E-state index in [4.69, 9.17) is 0 Å². The molecule has 2 atom stereocenters. The number of aromatic nitrogens is 2. The van der Waals surface area contributed by atoms with Crippen molar-refractivity contribution in [3.63, 3.8) is 0 Å². The fourth-order valence-corrected chi connectivity index (χ4v) is 13.6. The molecule has 2 nitrogen and oxygen atoms in total. The fourth-order valence-electron chi connectivity index (χ4n) is 12.3. The summed E-state index contributed by atoms with van der Waals surface area (Å²) in [6, 6.07) is 66.5. The number of thiophene rings is 1. The van der Waals surface area contributed by atoms with E-state index in [0.717, 1.165) is 19.3 Å². The van der Waals surface area contributed by atoms with Gasteiger partial charge in [-0.15, -0.1) is 11.3 Å². The second-order valence-corrected chi connectivity index (χ2v) is 19.2. The molecule has 0 unspecified atom stereocenters. The zero-order valence-electron chi connectivity index (χ0n) is 35.9. The van der Waals surface area contributed by atoms with Crippen LogP contribution in [0.1, 0.15) is 60.1 Å². The minimum Gasteiger partial charge on any atom is -0.309 e. The zero-order valence-corrected chi connectivity index (χ0v) is 36.7. The Labute approximate surface area is 376 Å². The van der Waals surface area contributed by atoms with Crippen molar-refractivity contribution in [1.82, 2.24) is 8.97 Å². The third-order valence-electron chi connectivity index (χ3n) is 14.9. The van der Waals surface area contributed by atoms with Crippen LogP contribution in [-0.4, -0.2) is 8.97 Å². The first kappa shape index (κ1) is 36.3. The molecule has 64 heavy (non-hydrogen) atoms. The first-order chi connectivity index (χ1) is 31.7. The summed E-state index contributed by atoms with van der Waals surface area (Å²) in [7, 11) is 0. The molecule has 3 heteroatoms. The third-order valence-corrected chi connectivity index (χ3v) is 16.2. The molecule has 4 aromatic heterocycles. The minimum absolute atomic E-state index is 0.167. The van der Waals surface area contributed by atoms with Crippen molar-refractivity contribution in [3.05, 3.63) is 209 Å². The first-order valence-electron chi connectivity index (χ1n) is 23.0. The molecule has 0 saturated carbocycles. The Bertz CT molecular complexity index is 3960. The topological polar surface area (TPSA) is 9.34 Å². The average molecular weight is 837 g/mol. The van der Waals surface area contributed by atoms with Gasteiger partial charge in [-0.3, -0.25) is 0 Å². The second kappa shape index (κ2) is 13.6. The molecule has 2 aliphatic rings. The summed E-state index contributed by atoms with van der Waals surface area (Å²) in [5.74, 6) is 0.442. The van der Waals surface area contributed by atoms with Crippen LogP contribution in [0, 0.1) is 0 Å². The number of rotatable bonds is 4. The van der Waals surface area contributed by atoms with E-state index in [1.807, 2.05) is 11.3 Å². The van der Waals surface area contributed by atoms with Crippen molar-refractivity contribution in [3.8, 4) is 22.3 Å². The lowest BCUT2D eigenvalue weighted by Gasteiger charge is -2.38. The number of fused-ring (bicyclic) bond motifs is 16. The van der Waals surface area contributed by atoms with Gasteiger partial charge in [0.2, 0.25) is 0 Å². The molecule has 8 aromatic carbocycles. The van der Waals surface area contributed by atoms with Crippen molar-refractivity contribution >= 4 is 92.6 Å². The first-order valence-corrected chi connectivity index (χ1v) is 23.8. The quantitative estimate of drug-likeness (QED) is 0.167. The van der Waals surface area contributed by atoms with Gasteiger partial charge in [0, 0.05) is 64.5 Å². The molecule has 0 radical (unpaired) electrons. The third kappa shape index (κ3) is 4.85. The SMILES string of the molecule is CCC1=C(\[C@@H]2c3ccccc3-c3ccccc3[C@@H]2C)c2c(sc3ccccc23)CC/C=C\1n1c2ccccc2c2c3c4ccccc4n4c5cc(-c6ccccc6)ccc5c(cc21)c34. The van der Waals surface area contributed by atoms with Gasteiger partial charge in [-0.1, -0.05) is 166 Å². The van der Waals surface area contributed by atoms with Crippen LogP contribution in [-0.2, 0) is 6.42 Å². The summed E-state index contributed by atoms with van der Waals surface area (Å²) < 4.78 is 6.63. The molecule has 0 amide bonds. The lowest BCUT2D eigenvalue weighted by atomic mass is 9.66. The van der Waals surface area contributed by atoms with E-state index >= 15 is 0 Å². The van der Waals surface area contributed by atoms with E-state index in [2.05, 4.69) is 205 Å². The Balaban J connectivity index is 1.13. The Kier molecular flexibility index (Phi) is 7.74. The summed E-state index contributed by atoms with van der Waals surface area (Å²) in [5, 5.41) is 9.30. The Morgan fingerprint density at radius 1 is 0.547 bits per heavy atom. The van der Waals surface area contributed by atoms with E-state index in [0.29, 0.717) is 0 Å². The van der Waals surface area contributed by atoms with Crippen LogP contribution in [0.4, 0.5) is 0 Å². The summed E-state index contributed by atoms with van der Waals surface area (Å²) >= 11 is 2.01. The second-order valence-electron chi connectivity index (χ2n) is 18.1. The van der Waals surface area contributed by atoms with Gasteiger partial charge in [0.05, 0.1) is 27.6 Å². The van der Waals surface area contributed by atoms with Crippen molar-refractivity contribution in [2.45, 2.75) is 44.9 Å². The molecular weight excluding hydrogens is 793 g/mol.